The summed E-state index contributed by atoms with van der Waals surface area (Å²) in [5.74, 6) is 1.89. The van der Waals surface area contributed by atoms with Gasteiger partial charge in [0, 0.05) is 6.54 Å². The van der Waals surface area contributed by atoms with Crippen molar-refractivity contribution in [2.45, 2.75) is 39.0 Å². The lowest BCUT2D eigenvalue weighted by atomic mass is 9.94. The molecule has 2 heterocycles. The van der Waals surface area contributed by atoms with E-state index in [1.165, 1.54) is 64.8 Å². The first-order valence-electron chi connectivity index (χ1n) is 6.77. The van der Waals surface area contributed by atoms with Crippen LogP contribution < -0.4 is 5.32 Å². The molecule has 2 heteroatoms. The van der Waals surface area contributed by atoms with Gasteiger partial charge in [-0.25, -0.2) is 0 Å². The number of hydrogen-bond donors (Lipinski definition) is 1. The molecule has 0 saturated carbocycles. The summed E-state index contributed by atoms with van der Waals surface area (Å²) in [5, 5.41) is 3.51. The Morgan fingerprint density at radius 3 is 2.93 bits per heavy atom. The van der Waals surface area contributed by atoms with Crippen molar-refractivity contribution < 1.29 is 0 Å². The van der Waals surface area contributed by atoms with E-state index in [9.17, 15) is 0 Å². The molecule has 1 N–H and O–H groups in total. The van der Waals surface area contributed by atoms with Crippen LogP contribution in [0.25, 0.3) is 0 Å². The van der Waals surface area contributed by atoms with E-state index in [1.54, 1.807) is 0 Å². The maximum atomic E-state index is 3.51. The van der Waals surface area contributed by atoms with E-state index in [0.29, 0.717) is 0 Å². The summed E-state index contributed by atoms with van der Waals surface area (Å²) in [4.78, 5) is 2.68. The van der Waals surface area contributed by atoms with Crippen molar-refractivity contribution in [3.8, 4) is 0 Å². The van der Waals surface area contributed by atoms with Crippen LogP contribution in [0.15, 0.2) is 0 Å². The SMILES string of the molecule is C[C@@H]1CCCN(CC[C@@H]2CCCNC2)C1. The zero-order valence-electron chi connectivity index (χ0n) is 10.2. The summed E-state index contributed by atoms with van der Waals surface area (Å²) in [6.45, 7) is 8.95. The van der Waals surface area contributed by atoms with Gasteiger partial charge in [-0.1, -0.05) is 6.92 Å². The Morgan fingerprint density at radius 1 is 1.27 bits per heavy atom. The van der Waals surface area contributed by atoms with Crippen molar-refractivity contribution in [2.24, 2.45) is 11.8 Å². The highest BCUT2D eigenvalue weighted by atomic mass is 15.1. The molecular formula is C13H26N2. The predicted octanol–water partition coefficient (Wildman–Crippen LogP) is 2.11. The Bertz CT molecular complexity index is 175. The molecule has 0 bridgehead atoms. The molecule has 0 radical (unpaired) electrons. The van der Waals surface area contributed by atoms with Gasteiger partial charge in [-0.05, 0) is 70.1 Å². The minimum absolute atomic E-state index is 0.934. The van der Waals surface area contributed by atoms with Crippen molar-refractivity contribution in [1.29, 1.82) is 0 Å². The lowest BCUT2D eigenvalue weighted by molar-refractivity contribution is 0.168. The normalized spacial score (nSPS) is 34.2. The summed E-state index contributed by atoms with van der Waals surface area (Å²) < 4.78 is 0. The van der Waals surface area contributed by atoms with Crippen LogP contribution in [0.2, 0.25) is 0 Å². The second-order valence-corrected chi connectivity index (χ2v) is 5.55. The first-order chi connectivity index (χ1) is 7.34. The van der Waals surface area contributed by atoms with E-state index in [4.69, 9.17) is 0 Å². The molecule has 0 aromatic rings. The Kier molecular flexibility index (Phi) is 4.45. The van der Waals surface area contributed by atoms with Gasteiger partial charge in [-0.3, -0.25) is 0 Å². The van der Waals surface area contributed by atoms with Gasteiger partial charge in [0.15, 0.2) is 0 Å². The lowest BCUT2D eigenvalue weighted by Crippen LogP contribution is -2.37. The van der Waals surface area contributed by atoms with E-state index >= 15 is 0 Å². The van der Waals surface area contributed by atoms with Crippen molar-refractivity contribution in [2.75, 3.05) is 32.7 Å². The topological polar surface area (TPSA) is 15.3 Å². The number of hydrogen-bond acceptors (Lipinski definition) is 2. The molecular weight excluding hydrogens is 184 g/mol. The maximum absolute atomic E-state index is 3.51. The van der Waals surface area contributed by atoms with Crippen LogP contribution in [-0.4, -0.2) is 37.6 Å². The first-order valence-corrected chi connectivity index (χ1v) is 6.77. The number of likely N-dealkylation sites (tertiary alicyclic amines) is 1. The van der Waals surface area contributed by atoms with Crippen LogP contribution in [0, 0.1) is 11.8 Å². The summed E-state index contributed by atoms with van der Waals surface area (Å²) >= 11 is 0. The highest BCUT2D eigenvalue weighted by Gasteiger charge is 2.18. The molecule has 88 valence electrons. The van der Waals surface area contributed by atoms with Crippen molar-refractivity contribution in [1.82, 2.24) is 10.2 Å². The monoisotopic (exact) mass is 210 g/mol. The smallest absolute Gasteiger partial charge is 0.000703 e. The lowest BCUT2D eigenvalue weighted by Gasteiger charge is -2.32. The fourth-order valence-corrected chi connectivity index (χ4v) is 3.03. The predicted molar refractivity (Wildman–Crippen MR) is 65.0 cm³/mol. The molecule has 0 spiro atoms. The third-order valence-electron chi connectivity index (χ3n) is 3.99. The van der Waals surface area contributed by atoms with Crippen molar-refractivity contribution in [3.05, 3.63) is 0 Å². The van der Waals surface area contributed by atoms with Crippen LogP contribution in [0.1, 0.15) is 39.0 Å². The molecule has 2 aliphatic heterocycles. The molecule has 0 aromatic heterocycles. The molecule has 0 unspecified atom stereocenters. The van der Waals surface area contributed by atoms with Crippen molar-refractivity contribution >= 4 is 0 Å². The van der Waals surface area contributed by atoms with Gasteiger partial charge in [0.1, 0.15) is 0 Å². The van der Waals surface area contributed by atoms with E-state index in [1.807, 2.05) is 0 Å². The van der Waals surface area contributed by atoms with Crippen LogP contribution >= 0.6 is 0 Å². The van der Waals surface area contributed by atoms with Gasteiger partial charge in [-0.15, -0.1) is 0 Å². The molecule has 2 atom stereocenters. The molecule has 0 aliphatic carbocycles. The van der Waals surface area contributed by atoms with Gasteiger partial charge in [0.2, 0.25) is 0 Å². The summed E-state index contributed by atoms with van der Waals surface area (Å²) in [6, 6.07) is 0. The highest BCUT2D eigenvalue weighted by molar-refractivity contribution is 4.74. The summed E-state index contributed by atoms with van der Waals surface area (Å²) in [6.07, 6.45) is 7.13. The molecule has 2 fully saturated rings. The standard InChI is InChI=1S/C13H26N2/c1-12-4-3-8-15(11-12)9-6-13-5-2-7-14-10-13/h12-14H,2-11H2,1H3/t12-,13+/m1/s1. The number of rotatable bonds is 3. The quantitative estimate of drug-likeness (QED) is 0.767. The third kappa shape index (κ3) is 3.76. The van der Waals surface area contributed by atoms with Crippen LogP contribution in [0.4, 0.5) is 0 Å². The molecule has 2 aliphatic rings. The summed E-state index contributed by atoms with van der Waals surface area (Å²) in [7, 11) is 0. The maximum Gasteiger partial charge on any atom is 0.000703 e. The van der Waals surface area contributed by atoms with Gasteiger partial charge >= 0.3 is 0 Å². The van der Waals surface area contributed by atoms with Gasteiger partial charge in [0.05, 0.1) is 0 Å². The van der Waals surface area contributed by atoms with E-state index in [-0.39, 0.29) is 0 Å². The number of nitrogens with zero attached hydrogens (tertiary/aromatic N) is 1. The molecule has 2 nitrogen and oxygen atoms in total. The Balaban J connectivity index is 1.63. The van der Waals surface area contributed by atoms with E-state index in [2.05, 4.69) is 17.1 Å². The van der Waals surface area contributed by atoms with Gasteiger partial charge < -0.3 is 10.2 Å². The molecule has 15 heavy (non-hydrogen) atoms. The molecule has 2 saturated heterocycles. The number of piperidine rings is 2. The third-order valence-corrected chi connectivity index (χ3v) is 3.99. The largest absolute Gasteiger partial charge is 0.316 e. The molecule has 0 amide bonds. The minimum Gasteiger partial charge on any atom is -0.316 e. The average molecular weight is 210 g/mol. The fraction of sp³-hybridized carbons (Fsp3) is 1.00. The Labute approximate surface area is 94.4 Å². The fourth-order valence-electron chi connectivity index (χ4n) is 3.03. The first kappa shape index (κ1) is 11.4. The average Bonchev–Trinajstić information content (AvgIpc) is 2.28. The van der Waals surface area contributed by atoms with Crippen LogP contribution in [-0.2, 0) is 0 Å². The second-order valence-electron chi connectivity index (χ2n) is 5.55. The minimum atomic E-state index is 0.934. The van der Waals surface area contributed by atoms with E-state index < -0.39 is 0 Å². The van der Waals surface area contributed by atoms with Crippen molar-refractivity contribution in [3.63, 3.8) is 0 Å². The van der Waals surface area contributed by atoms with Crippen LogP contribution in [0.3, 0.4) is 0 Å². The van der Waals surface area contributed by atoms with Crippen LogP contribution in [0.5, 0.6) is 0 Å². The zero-order chi connectivity index (χ0) is 10.5. The number of nitrogens with one attached hydrogen (secondary N) is 1. The van der Waals surface area contributed by atoms with Gasteiger partial charge in [-0.2, -0.15) is 0 Å². The van der Waals surface area contributed by atoms with E-state index in [0.717, 1.165) is 11.8 Å². The molecule has 0 aromatic carbocycles. The Morgan fingerprint density at radius 2 is 2.20 bits per heavy atom. The van der Waals surface area contributed by atoms with Gasteiger partial charge in [0.25, 0.3) is 0 Å². The summed E-state index contributed by atoms with van der Waals surface area (Å²) in [5.41, 5.74) is 0. The second kappa shape index (κ2) is 5.86. The zero-order valence-corrected chi connectivity index (χ0v) is 10.2. The highest BCUT2D eigenvalue weighted by Crippen LogP contribution is 2.19. The Hall–Kier alpha value is -0.0800. The molecule has 2 rings (SSSR count).